The Morgan fingerprint density at radius 1 is 1.10 bits per heavy atom. The fourth-order valence-corrected chi connectivity index (χ4v) is 5.76. The lowest BCUT2D eigenvalue weighted by atomic mass is 9.96. The summed E-state index contributed by atoms with van der Waals surface area (Å²) in [5, 5.41) is 21.6. The Morgan fingerprint density at radius 3 is 2.74 bits per heavy atom. The zero-order chi connectivity index (χ0) is 28.8. The Labute approximate surface area is 240 Å². The molecular formula is C30H30FN9O2. The molecule has 1 saturated heterocycles. The summed E-state index contributed by atoms with van der Waals surface area (Å²) >= 11 is 0. The second kappa shape index (κ2) is 10.5. The zero-order valence-electron chi connectivity index (χ0n) is 23.1. The number of hydrogen-bond donors (Lipinski definition) is 4. The maximum atomic E-state index is 14.2. The summed E-state index contributed by atoms with van der Waals surface area (Å²) in [6.07, 6.45) is 4.51. The van der Waals surface area contributed by atoms with E-state index >= 15 is 0 Å². The Hall–Kier alpha value is -4.84. The van der Waals surface area contributed by atoms with Crippen molar-refractivity contribution >= 4 is 22.6 Å². The van der Waals surface area contributed by atoms with Gasteiger partial charge in [0, 0.05) is 44.5 Å². The summed E-state index contributed by atoms with van der Waals surface area (Å²) in [6.45, 7) is 6.43. The number of aromatic nitrogens is 6. The Morgan fingerprint density at radius 2 is 1.95 bits per heavy atom. The number of carbonyl (C=O) groups excluding carboxylic acids is 1. The molecule has 0 radical (unpaired) electrons. The molecule has 0 spiro atoms. The van der Waals surface area contributed by atoms with E-state index in [2.05, 4.69) is 35.4 Å². The topological polar surface area (TPSA) is 139 Å². The summed E-state index contributed by atoms with van der Waals surface area (Å²) < 4.78 is 14.2. The summed E-state index contributed by atoms with van der Waals surface area (Å²) in [5.74, 6) is 0.246. The second-order valence-electron chi connectivity index (χ2n) is 10.6. The van der Waals surface area contributed by atoms with Crippen LogP contribution in [0.4, 0.5) is 10.2 Å². The number of aromatic amines is 2. The number of anilines is 1. The normalized spacial score (nSPS) is 15.3. The number of halogens is 1. The SMILES string of the molecule is CCc1cc(O)c(F)cc1-c1ccc2c(-c3nc4c([nH]3)CN(C(=O)c3cnc(N5CCNCC5)cn3)CC4)n[nH]c2c1. The maximum absolute atomic E-state index is 14.2. The summed E-state index contributed by atoms with van der Waals surface area (Å²) in [5.41, 5.74) is 5.97. The molecule has 0 unspecified atom stereocenters. The van der Waals surface area contributed by atoms with Crippen molar-refractivity contribution in [3.05, 3.63) is 71.2 Å². The third kappa shape index (κ3) is 4.63. The largest absolute Gasteiger partial charge is 0.505 e. The first-order chi connectivity index (χ1) is 20.5. The van der Waals surface area contributed by atoms with Gasteiger partial charge in [0.1, 0.15) is 17.2 Å². The van der Waals surface area contributed by atoms with Gasteiger partial charge in [-0.3, -0.25) is 9.89 Å². The lowest BCUT2D eigenvalue weighted by Crippen LogP contribution is -2.44. The Balaban J connectivity index is 1.10. The summed E-state index contributed by atoms with van der Waals surface area (Å²) in [7, 11) is 0. The molecule has 11 nitrogen and oxygen atoms in total. The molecule has 1 fully saturated rings. The number of aryl methyl sites for hydroxylation is 1. The predicted molar refractivity (Wildman–Crippen MR) is 156 cm³/mol. The van der Waals surface area contributed by atoms with Crippen molar-refractivity contribution in [2.75, 3.05) is 37.6 Å². The quantitative estimate of drug-likeness (QED) is 0.253. The van der Waals surface area contributed by atoms with E-state index in [1.165, 1.54) is 12.1 Å². The molecule has 12 heteroatoms. The molecule has 0 atom stereocenters. The van der Waals surface area contributed by atoms with Gasteiger partial charge in [-0.1, -0.05) is 13.0 Å². The van der Waals surface area contributed by atoms with Crippen LogP contribution in [0.25, 0.3) is 33.5 Å². The van der Waals surface area contributed by atoms with E-state index in [0.29, 0.717) is 43.1 Å². The number of nitrogens with one attached hydrogen (secondary N) is 3. The number of benzene rings is 2. The summed E-state index contributed by atoms with van der Waals surface area (Å²) in [6, 6.07) is 8.63. The summed E-state index contributed by atoms with van der Waals surface area (Å²) in [4.78, 5) is 34.3. The number of amides is 1. The second-order valence-corrected chi connectivity index (χ2v) is 10.6. The van der Waals surface area contributed by atoms with Crippen LogP contribution in [0, 0.1) is 5.82 Å². The standard InChI is InChI=1S/C30H30FN9O2/c1-2-17-12-26(41)21(31)13-20(17)18-3-4-19-23(11-18)37-38-28(19)29-35-22-5-8-40(16-25(22)36-29)30(42)24-14-34-27(15-33-24)39-9-6-32-7-10-39/h3-4,11-15,32,41H,2,5-10,16H2,1H3,(H,35,36)(H,37,38). The van der Waals surface area contributed by atoms with Crippen LogP contribution in [-0.2, 0) is 19.4 Å². The third-order valence-corrected chi connectivity index (χ3v) is 8.07. The van der Waals surface area contributed by atoms with E-state index in [9.17, 15) is 14.3 Å². The van der Waals surface area contributed by atoms with Crippen molar-refractivity contribution < 1.29 is 14.3 Å². The van der Waals surface area contributed by atoms with Gasteiger partial charge in [0.15, 0.2) is 17.4 Å². The minimum atomic E-state index is -0.652. The van der Waals surface area contributed by atoms with Crippen LogP contribution in [0.15, 0.2) is 42.7 Å². The molecule has 42 heavy (non-hydrogen) atoms. The van der Waals surface area contributed by atoms with Crippen LogP contribution in [0.2, 0.25) is 0 Å². The van der Waals surface area contributed by atoms with Crippen molar-refractivity contribution in [3.8, 4) is 28.4 Å². The van der Waals surface area contributed by atoms with Gasteiger partial charge in [0.2, 0.25) is 0 Å². The smallest absolute Gasteiger partial charge is 0.274 e. The van der Waals surface area contributed by atoms with Gasteiger partial charge in [-0.15, -0.1) is 0 Å². The Bertz CT molecular complexity index is 1790. The van der Waals surface area contributed by atoms with Crippen molar-refractivity contribution in [3.63, 3.8) is 0 Å². The van der Waals surface area contributed by atoms with Gasteiger partial charge >= 0.3 is 0 Å². The van der Waals surface area contributed by atoms with Gasteiger partial charge in [0.25, 0.3) is 5.91 Å². The van der Waals surface area contributed by atoms with Crippen LogP contribution in [0.3, 0.4) is 0 Å². The van der Waals surface area contributed by atoms with E-state index < -0.39 is 5.82 Å². The number of phenols is 1. The molecule has 0 saturated carbocycles. The fourth-order valence-electron chi connectivity index (χ4n) is 5.76. The molecular weight excluding hydrogens is 537 g/mol. The zero-order valence-corrected chi connectivity index (χ0v) is 23.1. The number of phenolic OH excluding ortho intramolecular Hbond substituents is 1. The number of hydrogen-bond acceptors (Lipinski definition) is 8. The maximum Gasteiger partial charge on any atom is 0.274 e. The highest BCUT2D eigenvalue weighted by Crippen LogP contribution is 2.34. The molecule has 5 heterocycles. The van der Waals surface area contributed by atoms with Crippen molar-refractivity contribution in [1.29, 1.82) is 0 Å². The first kappa shape index (κ1) is 26.1. The van der Waals surface area contributed by atoms with E-state index in [1.807, 2.05) is 25.1 Å². The van der Waals surface area contributed by atoms with Crippen LogP contribution < -0.4 is 10.2 Å². The highest BCUT2D eigenvalue weighted by atomic mass is 19.1. The number of carbonyl (C=O) groups is 1. The van der Waals surface area contributed by atoms with E-state index in [1.54, 1.807) is 17.3 Å². The van der Waals surface area contributed by atoms with Crippen LogP contribution in [0.5, 0.6) is 5.75 Å². The number of piperazine rings is 1. The Kier molecular flexibility index (Phi) is 6.54. The molecule has 0 bridgehead atoms. The average molecular weight is 568 g/mol. The fraction of sp³-hybridized carbons (Fsp3) is 0.300. The molecule has 0 aliphatic carbocycles. The number of H-pyrrole nitrogens is 2. The van der Waals surface area contributed by atoms with Gasteiger partial charge in [0.05, 0.1) is 35.8 Å². The van der Waals surface area contributed by atoms with Crippen LogP contribution in [-0.4, -0.2) is 78.8 Å². The van der Waals surface area contributed by atoms with E-state index in [0.717, 1.165) is 71.0 Å². The monoisotopic (exact) mass is 567 g/mol. The van der Waals surface area contributed by atoms with Crippen LogP contribution in [0.1, 0.15) is 34.4 Å². The first-order valence-electron chi connectivity index (χ1n) is 14.1. The average Bonchev–Trinajstić information content (AvgIpc) is 3.65. The highest BCUT2D eigenvalue weighted by molar-refractivity contribution is 5.94. The minimum absolute atomic E-state index is 0.161. The molecule has 7 rings (SSSR count). The van der Waals surface area contributed by atoms with Gasteiger partial charge < -0.3 is 25.2 Å². The van der Waals surface area contributed by atoms with Crippen molar-refractivity contribution in [1.82, 2.24) is 40.3 Å². The molecule has 3 aromatic heterocycles. The lowest BCUT2D eigenvalue weighted by Gasteiger charge is -2.28. The first-order valence-corrected chi connectivity index (χ1v) is 14.1. The molecule has 2 aliphatic rings. The number of aromatic hydroxyl groups is 1. The van der Waals surface area contributed by atoms with Gasteiger partial charge in [-0.2, -0.15) is 5.10 Å². The number of fused-ring (bicyclic) bond motifs is 2. The van der Waals surface area contributed by atoms with Gasteiger partial charge in [-0.05, 0) is 47.4 Å². The highest BCUT2D eigenvalue weighted by Gasteiger charge is 2.27. The lowest BCUT2D eigenvalue weighted by molar-refractivity contribution is 0.0725. The van der Waals surface area contributed by atoms with E-state index in [-0.39, 0.29) is 11.7 Å². The van der Waals surface area contributed by atoms with Crippen LogP contribution >= 0.6 is 0 Å². The third-order valence-electron chi connectivity index (χ3n) is 8.07. The molecule has 4 N–H and O–H groups in total. The molecule has 5 aromatic rings. The molecule has 2 aromatic carbocycles. The molecule has 1 amide bonds. The van der Waals surface area contributed by atoms with Gasteiger partial charge in [-0.25, -0.2) is 19.3 Å². The molecule has 214 valence electrons. The van der Waals surface area contributed by atoms with Crippen molar-refractivity contribution in [2.45, 2.75) is 26.3 Å². The van der Waals surface area contributed by atoms with Crippen molar-refractivity contribution in [2.24, 2.45) is 0 Å². The molecule has 2 aliphatic heterocycles. The van der Waals surface area contributed by atoms with E-state index in [4.69, 9.17) is 4.98 Å². The number of nitrogens with zero attached hydrogens (tertiary/aromatic N) is 6. The predicted octanol–water partition coefficient (Wildman–Crippen LogP) is 3.43. The minimum Gasteiger partial charge on any atom is -0.505 e. The number of rotatable bonds is 5. The number of imidazole rings is 1.